The molecule has 10 heteroatoms. The van der Waals surface area contributed by atoms with Gasteiger partial charge in [0.25, 0.3) is 0 Å². The summed E-state index contributed by atoms with van der Waals surface area (Å²) < 4.78 is 71.3. The molecule has 0 aliphatic heterocycles. The molecule has 1 atom stereocenters. The lowest BCUT2D eigenvalue weighted by molar-refractivity contribution is -0.194. The van der Waals surface area contributed by atoms with Gasteiger partial charge >= 0.3 is 23.8 Å². The van der Waals surface area contributed by atoms with E-state index in [2.05, 4.69) is 13.5 Å². The molecule has 44 heavy (non-hydrogen) atoms. The zero-order valence-corrected chi connectivity index (χ0v) is 26.6. The third-order valence-corrected chi connectivity index (χ3v) is 7.41. The monoisotopic (exact) mass is 628 g/mol. The van der Waals surface area contributed by atoms with Gasteiger partial charge in [0.1, 0.15) is 0 Å². The first-order valence-corrected chi connectivity index (χ1v) is 15.0. The molecule has 0 saturated heterocycles. The first-order valence-electron chi connectivity index (χ1n) is 15.0. The smallest absolute Gasteiger partial charge is 0.339 e. The minimum absolute atomic E-state index is 0.158. The predicted octanol–water partition coefficient (Wildman–Crippen LogP) is 7.48. The van der Waals surface area contributed by atoms with Crippen LogP contribution in [0.5, 0.6) is 0 Å². The van der Waals surface area contributed by atoms with Crippen molar-refractivity contribution in [2.45, 2.75) is 91.4 Å². The van der Waals surface area contributed by atoms with E-state index < -0.39 is 59.5 Å². The zero-order valence-electron chi connectivity index (χ0n) is 26.6. The van der Waals surface area contributed by atoms with Gasteiger partial charge in [-0.1, -0.05) is 75.3 Å². The number of hydrogen-bond acceptors (Lipinski definition) is 6. The lowest BCUT2D eigenvalue weighted by atomic mass is 9.92. The van der Waals surface area contributed by atoms with E-state index in [1.807, 2.05) is 0 Å². The highest BCUT2D eigenvalue weighted by molar-refractivity contribution is 5.87. The fourth-order valence-corrected chi connectivity index (χ4v) is 4.09. The highest BCUT2D eigenvalue weighted by atomic mass is 19.3. The third-order valence-electron chi connectivity index (χ3n) is 7.41. The van der Waals surface area contributed by atoms with Crippen molar-refractivity contribution in [3.63, 3.8) is 0 Å². The molecule has 2 N–H and O–H groups in total. The van der Waals surface area contributed by atoms with E-state index in [9.17, 15) is 14.7 Å². The Morgan fingerprint density at radius 1 is 0.977 bits per heavy atom. The van der Waals surface area contributed by atoms with Crippen molar-refractivity contribution in [3.8, 4) is 0 Å². The Morgan fingerprint density at radius 2 is 1.59 bits per heavy atom. The van der Waals surface area contributed by atoms with Crippen molar-refractivity contribution in [2.75, 3.05) is 26.4 Å². The second-order valence-electron chi connectivity index (χ2n) is 11.8. The van der Waals surface area contributed by atoms with Gasteiger partial charge in [0.2, 0.25) is 0 Å². The first-order chi connectivity index (χ1) is 20.6. The van der Waals surface area contributed by atoms with E-state index in [0.717, 1.165) is 49.5 Å². The molecule has 1 aromatic carbocycles. The molecule has 1 aromatic rings. The maximum absolute atomic E-state index is 15.2. The molecular formula is C34H48F4O6. The van der Waals surface area contributed by atoms with Gasteiger partial charge in [0.05, 0.1) is 37.4 Å². The quantitative estimate of drug-likeness (QED) is 0.0512. The zero-order chi connectivity index (χ0) is 33.6. The molecule has 248 valence electrons. The standard InChI is InChI=1S/C34H48F4O6/c1-7-9-10-11-24(3)12-17-28(8-2)33(35,36)34(37,38)29-18-15-26(16-19-29)13-14-27(21-43-30(41)25(4)20-39)22-44-31(42)32(5,6)23-40/h12,15-19,27,39-40H,4,7-11,13-14,20-23H2,1-3,5-6H3/b24-12+,28-17+. The second-order valence-corrected chi connectivity index (χ2v) is 11.8. The molecule has 0 fully saturated rings. The van der Waals surface area contributed by atoms with Gasteiger partial charge in [-0.25, -0.2) is 4.79 Å². The number of aryl methyl sites for hydroxylation is 1. The summed E-state index contributed by atoms with van der Waals surface area (Å²) in [6, 6.07) is 4.63. The molecule has 0 heterocycles. The molecule has 0 aliphatic rings. The first kappa shape index (κ1) is 39.0. The predicted molar refractivity (Wildman–Crippen MR) is 162 cm³/mol. The number of hydrogen-bond donors (Lipinski definition) is 2. The van der Waals surface area contributed by atoms with Crippen LogP contribution >= 0.6 is 0 Å². The molecule has 1 unspecified atom stereocenters. The Balaban J connectivity index is 3.05. The number of carbonyl (C=O) groups excluding carboxylic acids is 2. The Bertz CT molecular complexity index is 1140. The lowest BCUT2D eigenvalue weighted by Gasteiger charge is -2.29. The number of unbranched alkanes of at least 4 members (excludes halogenated alkanes) is 2. The second kappa shape index (κ2) is 18.1. The van der Waals surface area contributed by atoms with Crippen LogP contribution in [0.25, 0.3) is 0 Å². The van der Waals surface area contributed by atoms with Crippen LogP contribution in [-0.2, 0) is 31.4 Å². The van der Waals surface area contributed by atoms with Gasteiger partial charge in [-0.05, 0) is 58.4 Å². The highest BCUT2D eigenvalue weighted by Gasteiger charge is 2.58. The maximum Gasteiger partial charge on any atom is 0.339 e. The molecular weight excluding hydrogens is 580 g/mol. The number of esters is 2. The van der Waals surface area contributed by atoms with Gasteiger partial charge in [-0.2, -0.15) is 17.6 Å². The number of alkyl halides is 4. The summed E-state index contributed by atoms with van der Waals surface area (Å²) >= 11 is 0. The van der Waals surface area contributed by atoms with Crippen LogP contribution in [-0.4, -0.2) is 54.5 Å². The van der Waals surface area contributed by atoms with E-state index in [4.69, 9.17) is 14.6 Å². The van der Waals surface area contributed by atoms with Crippen molar-refractivity contribution in [2.24, 2.45) is 11.3 Å². The maximum atomic E-state index is 15.2. The van der Waals surface area contributed by atoms with Crippen LogP contribution in [0, 0.1) is 11.3 Å². The van der Waals surface area contributed by atoms with Crippen molar-refractivity contribution >= 4 is 11.9 Å². The molecule has 6 nitrogen and oxygen atoms in total. The van der Waals surface area contributed by atoms with Gasteiger partial charge < -0.3 is 19.7 Å². The fourth-order valence-electron chi connectivity index (χ4n) is 4.09. The number of benzene rings is 1. The van der Waals surface area contributed by atoms with E-state index in [-0.39, 0.29) is 38.0 Å². The minimum Gasteiger partial charge on any atom is -0.465 e. The summed E-state index contributed by atoms with van der Waals surface area (Å²) in [5, 5.41) is 18.5. The lowest BCUT2D eigenvalue weighted by Crippen LogP contribution is -2.39. The van der Waals surface area contributed by atoms with Crippen LogP contribution in [0.1, 0.15) is 84.3 Å². The normalized spacial score (nSPS) is 13.9. The number of halogens is 4. The summed E-state index contributed by atoms with van der Waals surface area (Å²) in [6.45, 7) is 10.3. The number of aliphatic hydroxyl groups is 2. The molecule has 0 spiro atoms. The summed E-state index contributed by atoms with van der Waals surface area (Å²) in [4.78, 5) is 24.2. The number of aliphatic hydroxyl groups excluding tert-OH is 2. The highest BCUT2D eigenvalue weighted by Crippen LogP contribution is 2.48. The molecule has 0 aliphatic carbocycles. The van der Waals surface area contributed by atoms with Crippen LogP contribution in [0.15, 0.2) is 59.7 Å². The average molecular weight is 629 g/mol. The van der Waals surface area contributed by atoms with Crippen LogP contribution in [0.2, 0.25) is 0 Å². The summed E-state index contributed by atoms with van der Waals surface area (Å²) in [7, 11) is 0. The van der Waals surface area contributed by atoms with Crippen molar-refractivity contribution in [3.05, 3.63) is 70.8 Å². The molecule has 0 bridgehead atoms. The topological polar surface area (TPSA) is 93.1 Å². The molecule has 0 amide bonds. The Hall–Kier alpha value is -2.98. The molecule has 0 aromatic heterocycles. The Labute approximate surface area is 258 Å². The average Bonchev–Trinajstić information content (AvgIpc) is 3.00. The number of carbonyl (C=O) groups is 2. The van der Waals surface area contributed by atoms with Crippen molar-refractivity contribution < 1.29 is 46.8 Å². The summed E-state index contributed by atoms with van der Waals surface area (Å²) in [6.07, 6.45) is 6.57. The minimum atomic E-state index is -4.45. The van der Waals surface area contributed by atoms with E-state index in [1.165, 1.54) is 39.0 Å². The van der Waals surface area contributed by atoms with E-state index >= 15 is 17.6 Å². The van der Waals surface area contributed by atoms with Gasteiger partial charge in [0, 0.05) is 17.1 Å². The summed E-state index contributed by atoms with van der Waals surface area (Å²) in [5.74, 6) is -10.9. The van der Waals surface area contributed by atoms with Crippen molar-refractivity contribution in [1.29, 1.82) is 0 Å². The largest absolute Gasteiger partial charge is 0.465 e. The third kappa shape index (κ3) is 11.5. The van der Waals surface area contributed by atoms with Crippen LogP contribution in [0.4, 0.5) is 17.6 Å². The van der Waals surface area contributed by atoms with Crippen LogP contribution in [0.3, 0.4) is 0 Å². The molecule has 1 rings (SSSR count). The van der Waals surface area contributed by atoms with E-state index in [1.54, 1.807) is 6.92 Å². The SMILES string of the molecule is C=C(CO)C(=O)OCC(CCc1ccc(C(F)(F)C(F)(F)/C(=C/C=C(\C)CCCCC)CC)cc1)COC(=O)C(C)(C)CO. The van der Waals surface area contributed by atoms with Crippen molar-refractivity contribution in [1.82, 2.24) is 0 Å². The van der Waals surface area contributed by atoms with Gasteiger partial charge in [0.15, 0.2) is 0 Å². The summed E-state index contributed by atoms with van der Waals surface area (Å²) in [5.41, 5.74) is -1.36. The van der Waals surface area contributed by atoms with Gasteiger partial charge in [-0.15, -0.1) is 0 Å². The van der Waals surface area contributed by atoms with Gasteiger partial charge in [-0.3, -0.25) is 4.79 Å². The van der Waals surface area contributed by atoms with E-state index in [0.29, 0.717) is 5.56 Å². The molecule has 0 saturated carbocycles. The fraction of sp³-hybridized carbons (Fsp3) is 0.588. The number of allylic oxidation sites excluding steroid dienone is 4. The van der Waals surface area contributed by atoms with Crippen LogP contribution < -0.4 is 0 Å². The Morgan fingerprint density at radius 3 is 2.14 bits per heavy atom. The number of rotatable bonds is 20. The Kier molecular flexibility index (Phi) is 16.1. The molecule has 0 radical (unpaired) electrons. The number of ether oxygens (including phenoxy) is 2.